The van der Waals surface area contributed by atoms with E-state index in [1.165, 1.54) is 12.1 Å². The van der Waals surface area contributed by atoms with E-state index in [0.717, 1.165) is 28.0 Å². The van der Waals surface area contributed by atoms with Crippen molar-refractivity contribution < 1.29 is 17.9 Å². The summed E-state index contributed by atoms with van der Waals surface area (Å²) in [6, 6.07) is 17.5. The predicted molar refractivity (Wildman–Crippen MR) is 130 cm³/mol. The van der Waals surface area contributed by atoms with E-state index in [4.69, 9.17) is 9.88 Å². The molecule has 10 heteroatoms. The number of rotatable bonds is 7. The first-order valence-corrected chi connectivity index (χ1v) is 11.9. The zero-order chi connectivity index (χ0) is 24.3. The number of nitrogens with one attached hydrogen (secondary N) is 1. The normalized spacial score (nSPS) is 11.7. The highest BCUT2D eigenvalue weighted by molar-refractivity contribution is 7.89. The van der Waals surface area contributed by atoms with Crippen molar-refractivity contribution in [2.75, 3.05) is 6.61 Å². The van der Waals surface area contributed by atoms with Crippen LogP contribution in [0.25, 0.3) is 16.6 Å². The van der Waals surface area contributed by atoms with E-state index in [2.05, 4.69) is 15.5 Å². The second-order valence-corrected chi connectivity index (χ2v) is 9.18. The summed E-state index contributed by atoms with van der Waals surface area (Å²) in [6.45, 7) is 3.62. The Morgan fingerprint density at radius 2 is 1.88 bits per heavy atom. The van der Waals surface area contributed by atoms with Crippen molar-refractivity contribution in [3.05, 3.63) is 83.8 Å². The number of carbonyl (C=O) groups is 1. The number of sulfonamides is 1. The molecule has 0 saturated carbocycles. The molecule has 1 amide bonds. The van der Waals surface area contributed by atoms with Crippen LogP contribution in [0.2, 0.25) is 0 Å². The van der Waals surface area contributed by atoms with Crippen LogP contribution in [0.3, 0.4) is 0 Å². The number of aromatic nitrogens is 2. The summed E-state index contributed by atoms with van der Waals surface area (Å²) in [7, 11) is -3.75. The molecule has 174 valence electrons. The third-order valence-electron chi connectivity index (χ3n) is 5.24. The molecule has 0 radical (unpaired) electrons. The van der Waals surface area contributed by atoms with Gasteiger partial charge in [0.2, 0.25) is 10.0 Å². The van der Waals surface area contributed by atoms with Crippen molar-refractivity contribution in [1.82, 2.24) is 15.0 Å². The van der Waals surface area contributed by atoms with E-state index in [-0.39, 0.29) is 11.5 Å². The Morgan fingerprint density at radius 3 is 2.62 bits per heavy atom. The number of benzene rings is 2. The molecule has 0 fully saturated rings. The van der Waals surface area contributed by atoms with Crippen LogP contribution in [0.1, 0.15) is 17.0 Å². The quantitative estimate of drug-likeness (QED) is 0.312. The van der Waals surface area contributed by atoms with Crippen molar-refractivity contribution >= 4 is 33.0 Å². The lowest BCUT2D eigenvalue weighted by molar-refractivity contribution is -0.123. The molecule has 2 heterocycles. The molecule has 0 aliphatic rings. The zero-order valence-corrected chi connectivity index (χ0v) is 19.4. The first-order chi connectivity index (χ1) is 16.2. The lowest BCUT2D eigenvalue weighted by Gasteiger charge is -2.10. The number of aryl methyl sites for hydroxylation is 1. The maximum absolute atomic E-state index is 12.2. The maximum Gasteiger partial charge on any atom is 0.277 e. The number of nitrogens with zero attached hydrogens (tertiary/aromatic N) is 3. The molecule has 3 N–H and O–H groups in total. The number of primary sulfonamides is 1. The number of nitrogens with two attached hydrogens (primary N) is 1. The Morgan fingerprint density at radius 1 is 1.15 bits per heavy atom. The summed E-state index contributed by atoms with van der Waals surface area (Å²) >= 11 is 0. The van der Waals surface area contributed by atoms with E-state index >= 15 is 0 Å². The average Bonchev–Trinajstić information content (AvgIpc) is 3.10. The van der Waals surface area contributed by atoms with Crippen LogP contribution >= 0.6 is 0 Å². The molecule has 9 nitrogen and oxygen atoms in total. The summed E-state index contributed by atoms with van der Waals surface area (Å²) in [5.74, 6) is 0.116. The van der Waals surface area contributed by atoms with Gasteiger partial charge in [-0.3, -0.25) is 9.78 Å². The molecule has 0 unspecified atom stereocenters. The van der Waals surface area contributed by atoms with Crippen LogP contribution in [0.5, 0.6) is 5.75 Å². The Labute approximate surface area is 196 Å². The number of hydrazone groups is 1. The Hall–Kier alpha value is -4.02. The fraction of sp³-hybridized carbons (Fsp3) is 0.125. The number of hydrogen-bond acceptors (Lipinski definition) is 6. The highest BCUT2D eigenvalue weighted by Gasteiger charge is 2.12. The summed E-state index contributed by atoms with van der Waals surface area (Å²) < 4.78 is 30.5. The standard InChI is InChI=1S/C24H23N5O4S/c1-16-13-19(17(2)29(16)20-8-10-21(11-9-20)34(25,31)32)14-27-28-23(30)15-33-22-7-3-5-18-6-4-12-26-24(18)22/h3-14H,15H2,1-2H3,(H,28,30)(H2,25,31,32)/b27-14-. The highest BCUT2D eigenvalue weighted by Crippen LogP contribution is 2.23. The van der Waals surface area contributed by atoms with Crippen LogP contribution in [-0.4, -0.2) is 36.7 Å². The smallest absolute Gasteiger partial charge is 0.277 e. The maximum atomic E-state index is 12.2. The zero-order valence-electron chi connectivity index (χ0n) is 18.6. The van der Waals surface area contributed by atoms with Crippen molar-refractivity contribution in [1.29, 1.82) is 0 Å². The van der Waals surface area contributed by atoms with Gasteiger partial charge in [-0.15, -0.1) is 0 Å². The highest BCUT2D eigenvalue weighted by atomic mass is 32.2. The summed E-state index contributed by atoms with van der Waals surface area (Å²) in [5.41, 5.74) is 6.52. The van der Waals surface area contributed by atoms with Gasteiger partial charge in [0.25, 0.3) is 5.91 Å². The predicted octanol–water partition coefficient (Wildman–Crippen LogP) is 2.82. The second-order valence-electron chi connectivity index (χ2n) is 7.61. The minimum Gasteiger partial charge on any atom is -0.481 e. The van der Waals surface area contributed by atoms with Crippen LogP contribution in [0.15, 0.2) is 76.9 Å². The molecular formula is C24H23N5O4S. The lowest BCUT2D eigenvalue weighted by atomic mass is 10.2. The monoisotopic (exact) mass is 477 g/mol. The fourth-order valence-electron chi connectivity index (χ4n) is 3.64. The molecule has 0 spiro atoms. The van der Waals surface area contributed by atoms with Gasteiger partial charge < -0.3 is 9.30 Å². The number of amides is 1. The molecule has 2 aromatic carbocycles. The summed E-state index contributed by atoms with van der Waals surface area (Å²) in [6.07, 6.45) is 3.22. The van der Waals surface area contributed by atoms with Gasteiger partial charge in [-0.2, -0.15) is 5.10 Å². The number of fused-ring (bicyclic) bond motifs is 1. The number of ether oxygens (including phenoxy) is 1. The van der Waals surface area contributed by atoms with Crippen molar-refractivity contribution in [2.24, 2.45) is 10.2 Å². The Bertz CT molecular complexity index is 1490. The minimum atomic E-state index is -3.75. The van der Waals surface area contributed by atoms with Crippen LogP contribution in [0.4, 0.5) is 0 Å². The van der Waals surface area contributed by atoms with Crippen molar-refractivity contribution in [3.8, 4) is 11.4 Å². The molecule has 0 atom stereocenters. The molecule has 4 rings (SSSR count). The fourth-order valence-corrected chi connectivity index (χ4v) is 4.16. The van der Waals surface area contributed by atoms with Gasteiger partial charge in [0.1, 0.15) is 11.3 Å². The van der Waals surface area contributed by atoms with E-state index in [9.17, 15) is 13.2 Å². The first kappa shape index (κ1) is 23.1. The molecule has 0 bridgehead atoms. The van der Waals surface area contributed by atoms with Crippen molar-refractivity contribution in [2.45, 2.75) is 18.7 Å². The SMILES string of the molecule is Cc1cc(/C=N\NC(=O)COc2cccc3cccnc23)c(C)n1-c1ccc(S(N)(=O)=O)cc1. The number of pyridine rings is 1. The third-order valence-corrected chi connectivity index (χ3v) is 6.17. The van der Waals surface area contributed by atoms with E-state index < -0.39 is 15.9 Å². The number of hydrogen-bond donors (Lipinski definition) is 2. The average molecular weight is 478 g/mol. The summed E-state index contributed by atoms with van der Waals surface area (Å²) in [4.78, 5) is 16.5. The number of para-hydroxylation sites is 1. The van der Waals surface area contributed by atoms with Crippen LogP contribution < -0.4 is 15.3 Å². The molecule has 0 aliphatic heterocycles. The van der Waals surface area contributed by atoms with Crippen molar-refractivity contribution in [3.63, 3.8) is 0 Å². The summed E-state index contributed by atoms with van der Waals surface area (Å²) in [5, 5.41) is 10.1. The molecule has 4 aromatic rings. The van der Waals surface area contributed by atoms with Gasteiger partial charge in [-0.1, -0.05) is 18.2 Å². The van der Waals surface area contributed by atoms with E-state index in [0.29, 0.717) is 11.3 Å². The topological polar surface area (TPSA) is 129 Å². The molecule has 0 saturated heterocycles. The third kappa shape index (κ3) is 4.98. The van der Waals surface area contributed by atoms with Gasteiger partial charge in [-0.25, -0.2) is 19.0 Å². The van der Waals surface area contributed by atoms with E-state index in [1.54, 1.807) is 30.6 Å². The lowest BCUT2D eigenvalue weighted by Crippen LogP contribution is -2.24. The largest absolute Gasteiger partial charge is 0.481 e. The Balaban J connectivity index is 1.41. The molecule has 34 heavy (non-hydrogen) atoms. The van der Waals surface area contributed by atoms with Gasteiger partial charge in [0.15, 0.2) is 6.61 Å². The van der Waals surface area contributed by atoms with Gasteiger partial charge in [0.05, 0.1) is 11.1 Å². The number of carbonyl (C=O) groups excluding carboxylic acids is 1. The Kier molecular flexibility index (Phi) is 6.44. The van der Waals surface area contributed by atoms with Gasteiger partial charge in [-0.05, 0) is 56.3 Å². The first-order valence-electron chi connectivity index (χ1n) is 10.3. The van der Waals surface area contributed by atoms with Gasteiger partial charge >= 0.3 is 0 Å². The molecular weight excluding hydrogens is 454 g/mol. The second kappa shape index (κ2) is 9.46. The van der Waals surface area contributed by atoms with Crippen LogP contribution in [0, 0.1) is 13.8 Å². The molecule has 2 aromatic heterocycles. The molecule has 0 aliphatic carbocycles. The van der Waals surface area contributed by atoms with E-state index in [1.807, 2.05) is 48.7 Å². The minimum absolute atomic E-state index is 0.0460. The van der Waals surface area contributed by atoms with Crippen LogP contribution in [-0.2, 0) is 14.8 Å². The van der Waals surface area contributed by atoms with Gasteiger partial charge in [0, 0.05) is 34.2 Å².